The molecule has 180 valence electrons. The fourth-order valence-electron chi connectivity index (χ4n) is 3.14. The maximum atomic E-state index is 13.0. The maximum absolute atomic E-state index is 13.0. The molecule has 0 aromatic rings. The van der Waals surface area contributed by atoms with Gasteiger partial charge in [-0.2, -0.15) is 0 Å². The molecule has 0 aliphatic carbocycles. The lowest BCUT2D eigenvalue weighted by molar-refractivity contribution is -0.135. The fraction of sp³-hybridized carbons (Fsp3) is 0.840. The SMILES string of the molecule is CC(C)(C)NC(CC(=O)NC(CCC(=O)C(C)(C)C)C(=O)C(C)(C)C)C(=O)C(C)(C)C. The van der Waals surface area contributed by atoms with Crippen molar-refractivity contribution in [3.63, 3.8) is 0 Å². The highest BCUT2D eigenvalue weighted by molar-refractivity contribution is 5.96. The Morgan fingerprint density at radius 3 is 1.42 bits per heavy atom. The van der Waals surface area contributed by atoms with Crippen LogP contribution in [0.25, 0.3) is 0 Å². The molecule has 0 spiro atoms. The Morgan fingerprint density at radius 2 is 1.06 bits per heavy atom. The van der Waals surface area contributed by atoms with Gasteiger partial charge >= 0.3 is 0 Å². The molecule has 2 atom stereocenters. The Kier molecular flexibility index (Phi) is 9.85. The lowest BCUT2D eigenvalue weighted by atomic mass is 9.82. The van der Waals surface area contributed by atoms with E-state index in [9.17, 15) is 19.2 Å². The summed E-state index contributed by atoms with van der Waals surface area (Å²) in [4.78, 5) is 51.2. The van der Waals surface area contributed by atoms with E-state index in [0.717, 1.165) is 0 Å². The first-order valence-electron chi connectivity index (χ1n) is 11.2. The van der Waals surface area contributed by atoms with Crippen LogP contribution in [0.3, 0.4) is 0 Å². The standard InChI is InChI=1S/C25H46N2O4/c1-22(2,3)18(28)14-13-16(20(30)23(4,5)6)26-19(29)15-17(27-25(10,11)12)21(31)24(7,8)9/h16-17,27H,13-15H2,1-12H3,(H,26,29). The predicted octanol–water partition coefficient (Wildman–Crippen LogP) is 4.24. The lowest BCUT2D eigenvalue weighted by Gasteiger charge is -2.32. The number of ketones is 3. The molecular weight excluding hydrogens is 392 g/mol. The van der Waals surface area contributed by atoms with Gasteiger partial charge in [-0.25, -0.2) is 0 Å². The van der Waals surface area contributed by atoms with E-state index in [-0.39, 0.29) is 48.1 Å². The molecule has 0 radical (unpaired) electrons. The summed E-state index contributed by atoms with van der Waals surface area (Å²) in [7, 11) is 0. The van der Waals surface area contributed by atoms with Gasteiger partial charge in [-0.1, -0.05) is 62.3 Å². The van der Waals surface area contributed by atoms with Crippen LogP contribution in [0.4, 0.5) is 0 Å². The summed E-state index contributed by atoms with van der Waals surface area (Å²) in [6.07, 6.45) is 0.401. The third-order valence-electron chi connectivity index (χ3n) is 4.94. The molecule has 0 rings (SSSR count). The number of amides is 1. The average molecular weight is 439 g/mol. The molecule has 0 heterocycles. The monoisotopic (exact) mass is 438 g/mol. The second kappa shape index (κ2) is 10.4. The van der Waals surface area contributed by atoms with Crippen molar-refractivity contribution in [2.24, 2.45) is 16.2 Å². The van der Waals surface area contributed by atoms with Gasteiger partial charge in [0.05, 0.1) is 12.1 Å². The highest BCUT2D eigenvalue weighted by Crippen LogP contribution is 2.23. The van der Waals surface area contributed by atoms with Crippen LogP contribution in [0, 0.1) is 16.2 Å². The minimum Gasteiger partial charge on any atom is -0.346 e. The van der Waals surface area contributed by atoms with E-state index < -0.39 is 28.3 Å². The molecule has 0 aliphatic heterocycles. The molecule has 0 saturated carbocycles. The van der Waals surface area contributed by atoms with Crippen molar-refractivity contribution in [2.75, 3.05) is 0 Å². The van der Waals surface area contributed by atoms with Crippen LogP contribution in [-0.2, 0) is 19.2 Å². The quantitative estimate of drug-likeness (QED) is 0.562. The molecule has 0 bridgehead atoms. The average Bonchev–Trinajstić information content (AvgIpc) is 2.52. The first kappa shape index (κ1) is 29.4. The fourth-order valence-corrected chi connectivity index (χ4v) is 3.14. The summed E-state index contributed by atoms with van der Waals surface area (Å²) < 4.78 is 0. The lowest BCUT2D eigenvalue weighted by Crippen LogP contribution is -2.54. The van der Waals surface area contributed by atoms with E-state index in [1.165, 1.54) is 0 Å². The van der Waals surface area contributed by atoms with E-state index in [2.05, 4.69) is 10.6 Å². The molecule has 1 amide bonds. The highest BCUT2D eigenvalue weighted by atomic mass is 16.2. The molecule has 31 heavy (non-hydrogen) atoms. The normalized spacial score (nSPS) is 15.2. The molecule has 0 saturated heterocycles. The van der Waals surface area contributed by atoms with Crippen molar-refractivity contribution < 1.29 is 19.2 Å². The van der Waals surface area contributed by atoms with Crippen LogP contribution in [0.2, 0.25) is 0 Å². The van der Waals surface area contributed by atoms with Crippen molar-refractivity contribution >= 4 is 23.3 Å². The summed E-state index contributed by atoms with van der Waals surface area (Å²) in [5.74, 6) is -0.502. The zero-order valence-corrected chi connectivity index (χ0v) is 21.9. The van der Waals surface area contributed by atoms with E-state index >= 15 is 0 Å². The van der Waals surface area contributed by atoms with E-state index in [4.69, 9.17) is 0 Å². The van der Waals surface area contributed by atoms with Gasteiger partial charge in [-0.05, 0) is 27.2 Å². The second-order valence-corrected chi connectivity index (χ2v) is 12.7. The van der Waals surface area contributed by atoms with E-state index in [1.54, 1.807) is 20.8 Å². The minimum atomic E-state index is -0.765. The molecule has 2 N–H and O–H groups in total. The van der Waals surface area contributed by atoms with E-state index in [1.807, 2.05) is 62.3 Å². The summed E-state index contributed by atoms with van der Waals surface area (Å²) >= 11 is 0. The molecule has 2 unspecified atom stereocenters. The zero-order valence-electron chi connectivity index (χ0n) is 21.9. The number of Topliss-reactive ketones (excluding diaryl/α,β-unsaturated/α-hetero) is 3. The number of nitrogens with one attached hydrogen (secondary N) is 2. The summed E-state index contributed by atoms with van der Waals surface area (Å²) in [6, 6.07) is -1.43. The molecular formula is C25H46N2O4. The van der Waals surface area contributed by atoms with Gasteiger partial charge in [-0.15, -0.1) is 0 Å². The topological polar surface area (TPSA) is 92.3 Å². The summed E-state index contributed by atoms with van der Waals surface area (Å²) in [5.41, 5.74) is -2.12. The Bertz CT molecular complexity index is 668. The van der Waals surface area contributed by atoms with Gasteiger partial charge in [0.2, 0.25) is 5.91 Å². The first-order chi connectivity index (χ1) is 13.6. The van der Waals surface area contributed by atoms with Crippen LogP contribution >= 0.6 is 0 Å². The van der Waals surface area contributed by atoms with Gasteiger partial charge in [0.1, 0.15) is 5.78 Å². The Labute approximate surface area is 189 Å². The predicted molar refractivity (Wildman–Crippen MR) is 126 cm³/mol. The van der Waals surface area contributed by atoms with Crippen molar-refractivity contribution in [2.45, 2.75) is 120 Å². The number of carbonyl (C=O) groups is 4. The number of carbonyl (C=O) groups excluding carboxylic acids is 4. The second-order valence-electron chi connectivity index (χ2n) is 12.7. The van der Waals surface area contributed by atoms with Gasteiger partial charge in [-0.3, -0.25) is 19.2 Å². The Morgan fingerprint density at radius 1 is 0.645 bits per heavy atom. The maximum Gasteiger partial charge on any atom is 0.222 e. The Hall–Kier alpha value is -1.56. The third kappa shape index (κ3) is 11.0. The highest BCUT2D eigenvalue weighted by Gasteiger charge is 2.36. The minimum absolute atomic E-state index is 0.0450. The largest absolute Gasteiger partial charge is 0.346 e. The van der Waals surface area contributed by atoms with Gasteiger partial charge in [0, 0.05) is 34.6 Å². The number of hydrogen-bond donors (Lipinski definition) is 2. The smallest absolute Gasteiger partial charge is 0.222 e. The summed E-state index contributed by atoms with van der Waals surface area (Å²) in [5, 5.41) is 6.07. The molecule has 0 aromatic heterocycles. The van der Waals surface area contributed by atoms with Crippen molar-refractivity contribution in [1.29, 1.82) is 0 Å². The third-order valence-corrected chi connectivity index (χ3v) is 4.94. The van der Waals surface area contributed by atoms with Gasteiger partial charge in [0.25, 0.3) is 0 Å². The first-order valence-corrected chi connectivity index (χ1v) is 11.2. The molecule has 0 fully saturated rings. The molecule has 0 aliphatic rings. The van der Waals surface area contributed by atoms with Crippen molar-refractivity contribution in [3.05, 3.63) is 0 Å². The molecule has 0 aromatic carbocycles. The number of rotatable bonds is 9. The van der Waals surface area contributed by atoms with Crippen molar-refractivity contribution in [3.8, 4) is 0 Å². The van der Waals surface area contributed by atoms with Gasteiger partial charge in [0.15, 0.2) is 11.6 Å². The Balaban J connectivity index is 5.55. The number of hydrogen-bond acceptors (Lipinski definition) is 5. The summed E-state index contributed by atoms with van der Waals surface area (Å²) in [6.45, 7) is 22.2. The van der Waals surface area contributed by atoms with Crippen LogP contribution in [0.1, 0.15) is 102 Å². The molecule has 6 nitrogen and oxygen atoms in total. The van der Waals surface area contributed by atoms with Crippen molar-refractivity contribution in [1.82, 2.24) is 10.6 Å². The van der Waals surface area contributed by atoms with Crippen LogP contribution < -0.4 is 10.6 Å². The van der Waals surface area contributed by atoms with Gasteiger partial charge < -0.3 is 10.6 Å². The molecule has 6 heteroatoms. The zero-order chi connectivity index (χ0) is 25.0. The van der Waals surface area contributed by atoms with Crippen LogP contribution in [-0.4, -0.2) is 40.9 Å². The van der Waals surface area contributed by atoms with E-state index in [0.29, 0.717) is 0 Å². The van der Waals surface area contributed by atoms with Crippen LogP contribution in [0.15, 0.2) is 0 Å². The van der Waals surface area contributed by atoms with Crippen LogP contribution in [0.5, 0.6) is 0 Å².